The zero-order chi connectivity index (χ0) is 18.9. The Morgan fingerprint density at radius 1 is 1.11 bits per heavy atom. The van der Waals surface area contributed by atoms with E-state index in [2.05, 4.69) is 21.2 Å². The largest absolute Gasteiger partial charge is 0.356 e. The summed E-state index contributed by atoms with van der Waals surface area (Å²) in [5, 5.41) is 7.94. The van der Waals surface area contributed by atoms with E-state index < -0.39 is 0 Å². The van der Waals surface area contributed by atoms with Gasteiger partial charge in [0, 0.05) is 30.1 Å². The third-order valence-corrected chi connectivity index (χ3v) is 5.17. The highest BCUT2D eigenvalue weighted by molar-refractivity contribution is 5.97. The van der Waals surface area contributed by atoms with Crippen LogP contribution in [0.1, 0.15) is 24.4 Å². The number of aryl methyl sites for hydroxylation is 2. The van der Waals surface area contributed by atoms with E-state index in [-0.39, 0.29) is 12.3 Å². The number of rotatable bonds is 4. The van der Waals surface area contributed by atoms with Gasteiger partial charge in [-0.15, -0.1) is 0 Å². The smallest absolute Gasteiger partial charge is 0.230 e. The summed E-state index contributed by atoms with van der Waals surface area (Å²) in [5.74, 6) is 0.993. The number of benzene rings is 2. The number of imidazole rings is 1. The van der Waals surface area contributed by atoms with Crippen molar-refractivity contribution < 1.29 is 9.32 Å². The van der Waals surface area contributed by atoms with Crippen LogP contribution in [0.4, 0.5) is 5.69 Å². The summed E-state index contributed by atoms with van der Waals surface area (Å²) in [6.45, 7) is 1.01. The lowest BCUT2D eigenvalue weighted by molar-refractivity contribution is -0.115. The average Bonchev–Trinajstić information content (AvgIpc) is 3.33. The third kappa shape index (κ3) is 3.07. The Morgan fingerprint density at radius 3 is 2.89 bits per heavy atom. The maximum atomic E-state index is 12.7. The predicted molar refractivity (Wildman–Crippen MR) is 107 cm³/mol. The number of nitrogens with zero attached hydrogens (tertiary/aromatic N) is 3. The fourth-order valence-electron chi connectivity index (χ4n) is 3.77. The molecule has 2 aromatic heterocycles. The number of hydrogen-bond acceptors (Lipinski definition) is 4. The zero-order valence-corrected chi connectivity index (χ0v) is 15.4. The molecule has 5 rings (SSSR count). The number of fused-ring (bicyclic) bond motifs is 2. The molecule has 0 aliphatic carbocycles. The van der Waals surface area contributed by atoms with Gasteiger partial charge in [0.1, 0.15) is 11.5 Å². The minimum atomic E-state index is -0.129. The normalized spacial score (nSPS) is 13.4. The Bertz CT molecular complexity index is 1130. The quantitative estimate of drug-likeness (QED) is 0.582. The van der Waals surface area contributed by atoms with E-state index >= 15 is 0 Å². The summed E-state index contributed by atoms with van der Waals surface area (Å²) >= 11 is 0. The molecule has 2 aromatic carbocycles. The van der Waals surface area contributed by atoms with E-state index in [9.17, 15) is 4.79 Å². The number of amides is 1. The lowest BCUT2D eigenvalue weighted by Crippen LogP contribution is -2.15. The highest BCUT2D eigenvalue weighted by Crippen LogP contribution is 2.29. The van der Waals surface area contributed by atoms with Gasteiger partial charge in [-0.25, -0.2) is 4.98 Å². The molecule has 0 fully saturated rings. The van der Waals surface area contributed by atoms with E-state index in [1.807, 2.05) is 48.5 Å². The SMILES string of the molecule is O=C(Cc1noc2ccccc12)Nc1ccccc1-c1cn2c(n1)CCCC2. The van der Waals surface area contributed by atoms with Crippen molar-refractivity contribution in [3.63, 3.8) is 0 Å². The lowest BCUT2D eigenvalue weighted by Gasteiger charge is -2.11. The Labute approximate surface area is 162 Å². The fraction of sp³-hybridized carbons (Fsp3) is 0.227. The average molecular weight is 372 g/mol. The Kier molecular flexibility index (Phi) is 4.16. The number of para-hydroxylation sites is 2. The van der Waals surface area contributed by atoms with Crippen molar-refractivity contribution in [3.8, 4) is 11.3 Å². The first-order valence-electron chi connectivity index (χ1n) is 9.56. The molecule has 4 aromatic rings. The molecule has 3 heterocycles. The van der Waals surface area contributed by atoms with Crippen molar-refractivity contribution >= 4 is 22.6 Å². The molecule has 140 valence electrons. The minimum Gasteiger partial charge on any atom is -0.356 e. The van der Waals surface area contributed by atoms with Crippen LogP contribution in [0.3, 0.4) is 0 Å². The molecule has 1 aliphatic heterocycles. The molecule has 28 heavy (non-hydrogen) atoms. The van der Waals surface area contributed by atoms with Gasteiger partial charge >= 0.3 is 0 Å². The van der Waals surface area contributed by atoms with E-state index in [1.165, 1.54) is 12.8 Å². The number of nitrogens with one attached hydrogen (secondary N) is 1. The van der Waals surface area contributed by atoms with E-state index in [1.54, 1.807) is 0 Å². The number of aromatic nitrogens is 3. The lowest BCUT2D eigenvalue weighted by atomic mass is 10.1. The number of carbonyl (C=O) groups is 1. The molecule has 6 heteroatoms. The fourth-order valence-corrected chi connectivity index (χ4v) is 3.77. The first-order chi connectivity index (χ1) is 13.8. The maximum absolute atomic E-state index is 12.7. The molecule has 0 radical (unpaired) electrons. The highest BCUT2D eigenvalue weighted by atomic mass is 16.5. The summed E-state index contributed by atoms with van der Waals surface area (Å²) in [6, 6.07) is 15.4. The second kappa shape index (κ2) is 6.96. The molecule has 0 spiro atoms. The van der Waals surface area contributed by atoms with E-state index in [4.69, 9.17) is 9.51 Å². The molecular formula is C22H20N4O2. The van der Waals surface area contributed by atoms with Crippen molar-refractivity contribution in [1.82, 2.24) is 14.7 Å². The molecule has 1 aliphatic rings. The van der Waals surface area contributed by atoms with Gasteiger partial charge in [-0.05, 0) is 31.0 Å². The summed E-state index contributed by atoms with van der Waals surface area (Å²) < 4.78 is 7.52. The molecule has 1 amide bonds. The monoisotopic (exact) mass is 372 g/mol. The standard InChI is InChI=1S/C22H20N4O2/c27-22(13-18-16-8-2-4-10-20(16)28-25-18)24-17-9-3-1-7-15(17)19-14-26-12-6-5-11-21(26)23-19/h1-4,7-10,14H,5-6,11-13H2,(H,24,27). The molecular weight excluding hydrogens is 352 g/mol. The maximum Gasteiger partial charge on any atom is 0.230 e. The first-order valence-corrected chi connectivity index (χ1v) is 9.56. The summed E-state index contributed by atoms with van der Waals surface area (Å²) in [5.41, 5.74) is 3.93. The molecule has 0 unspecified atom stereocenters. The van der Waals surface area contributed by atoms with Crippen LogP contribution in [0.2, 0.25) is 0 Å². The zero-order valence-electron chi connectivity index (χ0n) is 15.4. The second-order valence-corrected chi connectivity index (χ2v) is 7.09. The Morgan fingerprint density at radius 2 is 1.96 bits per heavy atom. The van der Waals surface area contributed by atoms with Crippen LogP contribution in [-0.2, 0) is 24.2 Å². The number of carbonyl (C=O) groups excluding carboxylic acids is 1. The molecule has 0 atom stereocenters. The van der Waals surface area contributed by atoms with Gasteiger partial charge < -0.3 is 14.4 Å². The number of anilines is 1. The topological polar surface area (TPSA) is 73.0 Å². The van der Waals surface area contributed by atoms with Crippen LogP contribution in [0.25, 0.3) is 22.2 Å². The minimum absolute atomic E-state index is 0.129. The molecule has 0 saturated carbocycles. The second-order valence-electron chi connectivity index (χ2n) is 7.09. The van der Waals surface area contributed by atoms with Crippen molar-refractivity contribution in [2.24, 2.45) is 0 Å². The molecule has 0 bridgehead atoms. The first kappa shape index (κ1) is 16.7. The van der Waals surface area contributed by atoms with Crippen LogP contribution in [0.15, 0.2) is 59.3 Å². The van der Waals surface area contributed by atoms with Crippen molar-refractivity contribution in [2.75, 3.05) is 5.32 Å². The summed E-state index contributed by atoms with van der Waals surface area (Å²) in [7, 11) is 0. The van der Waals surface area contributed by atoms with Gasteiger partial charge in [-0.1, -0.05) is 35.5 Å². The Balaban J connectivity index is 1.40. The van der Waals surface area contributed by atoms with Gasteiger partial charge in [0.05, 0.1) is 17.8 Å². The van der Waals surface area contributed by atoms with Gasteiger partial charge in [-0.3, -0.25) is 4.79 Å². The molecule has 1 N–H and O–H groups in total. The highest BCUT2D eigenvalue weighted by Gasteiger charge is 2.17. The van der Waals surface area contributed by atoms with Crippen LogP contribution < -0.4 is 5.32 Å². The van der Waals surface area contributed by atoms with Gasteiger partial charge in [0.2, 0.25) is 5.91 Å². The van der Waals surface area contributed by atoms with E-state index in [0.29, 0.717) is 11.3 Å². The van der Waals surface area contributed by atoms with Crippen molar-refractivity contribution in [1.29, 1.82) is 0 Å². The third-order valence-electron chi connectivity index (χ3n) is 5.17. The van der Waals surface area contributed by atoms with Crippen molar-refractivity contribution in [2.45, 2.75) is 32.2 Å². The summed E-state index contributed by atoms with van der Waals surface area (Å²) in [6.07, 6.45) is 5.62. The van der Waals surface area contributed by atoms with Crippen LogP contribution >= 0.6 is 0 Å². The molecule has 0 saturated heterocycles. The van der Waals surface area contributed by atoms with Crippen molar-refractivity contribution in [3.05, 3.63) is 66.2 Å². The van der Waals surface area contributed by atoms with Gasteiger partial charge in [0.15, 0.2) is 5.58 Å². The van der Waals surface area contributed by atoms with E-state index in [0.717, 1.165) is 41.1 Å². The molecule has 6 nitrogen and oxygen atoms in total. The van der Waals surface area contributed by atoms with Crippen LogP contribution in [0.5, 0.6) is 0 Å². The Hall–Kier alpha value is -3.41. The number of hydrogen-bond donors (Lipinski definition) is 1. The van der Waals surface area contributed by atoms with Crippen LogP contribution in [-0.4, -0.2) is 20.6 Å². The summed E-state index contributed by atoms with van der Waals surface area (Å²) in [4.78, 5) is 17.5. The predicted octanol–water partition coefficient (Wildman–Crippen LogP) is 4.21. The van der Waals surface area contributed by atoms with Crippen LogP contribution in [0, 0.1) is 0 Å². The van der Waals surface area contributed by atoms with Gasteiger partial charge in [-0.2, -0.15) is 0 Å². The van der Waals surface area contributed by atoms with Gasteiger partial charge in [0.25, 0.3) is 0 Å².